The van der Waals surface area contributed by atoms with Gasteiger partial charge in [-0.25, -0.2) is 0 Å². The molecule has 0 aromatic carbocycles. The van der Waals surface area contributed by atoms with Crippen LogP contribution in [-0.2, 0) is 9.59 Å². The van der Waals surface area contributed by atoms with Crippen molar-refractivity contribution in [3.63, 3.8) is 0 Å². The Bertz CT molecular complexity index is 1290. The first kappa shape index (κ1) is 31.0. The van der Waals surface area contributed by atoms with Gasteiger partial charge in [0.15, 0.2) is 11.6 Å². The summed E-state index contributed by atoms with van der Waals surface area (Å²) in [5.74, 6) is 0.281. The quantitative estimate of drug-likeness (QED) is 0.371. The van der Waals surface area contributed by atoms with Crippen LogP contribution in [0.25, 0.3) is 11.1 Å². The van der Waals surface area contributed by atoms with E-state index >= 15 is 0 Å². The normalized spacial score (nSPS) is 20.4. The van der Waals surface area contributed by atoms with Gasteiger partial charge in [-0.2, -0.15) is 0 Å². The van der Waals surface area contributed by atoms with E-state index in [1.807, 2.05) is 25.2 Å². The van der Waals surface area contributed by atoms with Gasteiger partial charge in [-0.05, 0) is 105 Å². The lowest BCUT2D eigenvalue weighted by Crippen LogP contribution is -2.22. The summed E-state index contributed by atoms with van der Waals surface area (Å²) in [7, 11) is 0. The predicted molar refractivity (Wildman–Crippen MR) is 170 cm³/mol. The molecule has 0 saturated carbocycles. The smallest absolute Gasteiger partial charge is 0.185 e. The highest BCUT2D eigenvalue weighted by Gasteiger charge is 2.33. The Labute approximate surface area is 241 Å². The molecule has 0 atom stereocenters. The molecule has 2 aliphatic rings. The first-order valence-electron chi connectivity index (χ1n) is 14.0. The summed E-state index contributed by atoms with van der Waals surface area (Å²) in [4.78, 5) is 28.5. The SMILES string of the molecule is CC1=CC(=C(c2ccc(C(=C3C=C(C)C(=O)C(C(C)(C)C)=C3)C(C)(C)C)s2)C(C)(C)C)C=C(C(C)(C)C)C1=O. The molecule has 0 radical (unpaired) electrons. The van der Waals surface area contributed by atoms with Gasteiger partial charge in [-0.3, -0.25) is 9.59 Å². The maximum absolute atomic E-state index is 13.1. The molecule has 1 aromatic rings. The summed E-state index contributed by atoms with van der Waals surface area (Å²) in [6.45, 7) is 30.0. The Morgan fingerprint density at radius 2 is 0.846 bits per heavy atom. The summed E-state index contributed by atoms with van der Waals surface area (Å²) in [6, 6.07) is 4.48. The minimum Gasteiger partial charge on any atom is -0.289 e. The van der Waals surface area contributed by atoms with Crippen molar-refractivity contribution in [2.24, 2.45) is 21.7 Å². The zero-order valence-electron chi connectivity index (χ0n) is 26.7. The minimum absolute atomic E-state index is 0.129. The van der Waals surface area contributed by atoms with Crippen molar-refractivity contribution >= 4 is 34.0 Å². The number of Topliss-reactive ketones (excluding diaryl/α,β-unsaturated/α-hetero) is 2. The number of thiophene rings is 1. The number of rotatable bonds is 2. The van der Waals surface area contributed by atoms with E-state index in [0.717, 1.165) is 33.4 Å². The molecular formula is C36H48O2S. The third kappa shape index (κ3) is 6.46. The first-order chi connectivity index (χ1) is 17.5. The Balaban J connectivity index is 2.33. The minimum atomic E-state index is -0.231. The van der Waals surface area contributed by atoms with Crippen LogP contribution < -0.4 is 0 Å². The number of hydrogen-bond donors (Lipinski definition) is 0. The van der Waals surface area contributed by atoms with Crippen LogP contribution in [0.1, 0.15) is 107 Å². The highest BCUT2D eigenvalue weighted by molar-refractivity contribution is 7.14. The summed E-state index contributed by atoms with van der Waals surface area (Å²) in [5.41, 5.74) is 7.34. The molecule has 2 aliphatic carbocycles. The van der Waals surface area contributed by atoms with Gasteiger partial charge in [-0.15, -0.1) is 11.3 Å². The molecule has 0 fully saturated rings. The molecular weight excluding hydrogens is 496 g/mol. The molecule has 1 heterocycles. The van der Waals surface area contributed by atoms with Gasteiger partial charge in [0, 0.05) is 20.9 Å². The van der Waals surface area contributed by atoms with E-state index in [0.29, 0.717) is 0 Å². The fourth-order valence-corrected chi connectivity index (χ4v) is 7.01. The van der Waals surface area contributed by atoms with Gasteiger partial charge in [0.05, 0.1) is 0 Å². The molecule has 0 aliphatic heterocycles. The third-order valence-corrected chi connectivity index (χ3v) is 8.46. The molecule has 39 heavy (non-hydrogen) atoms. The number of carbonyl (C=O) groups is 2. The number of ketones is 2. The third-order valence-electron chi connectivity index (χ3n) is 7.34. The van der Waals surface area contributed by atoms with E-state index < -0.39 is 0 Å². The summed E-state index contributed by atoms with van der Waals surface area (Å²) in [5, 5.41) is 0. The fraction of sp³-hybridized carbons (Fsp3) is 0.500. The average molecular weight is 545 g/mol. The van der Waals surface area contributed by atoms with Gasteiger partial charge in [0.1, 0.15) is 0 Å². The zero-order valence-corrected chi connectivity index (χ0v) is 27.5. The largest absolute Gasteiger partial charge is 0.289 e. The highest BCUT2D eigenvalue weighted by atomic mass is 32.1. The molecule has 0 bridgehead atoms. The Hall–Kier alpha value is -2.52. The van der Waals surface area contributed by atoms with Gasteiger partial charge in [-0.1, -0.05) is 83.1 Å². The van der Waals surface area contributed by atoms with E-state index in [-0.39, 0.29) is 33.2 Å². The maximum Gasteiger partial charge on any atom is 0.185 e. The van der Waals surface area contributed by atoms with Crippen LogP contribution in [0, 0.1) is 21.7 Å². The van der Waals surface area contributed by atoms with Crippen LogP contribution >= 0.6 is 11.3 Å². The van der Waals surface area contributed by atoms with E-state index in [9.17, 15) is 9.59 Å². The number of hydrogen-bond acceptors (Lipinski definition) is 3. The first-order valence-corrected chi connectivity index (χ1v) is 14.9. The van der Waals surface area contributed by atoms with E-state index in [1.165, 1.54) is 20.9 Å². The van der Waals surface area contributed by atoms with Crippen molar-refractivity contribution in [3.8, 4) is 0 Å². The van der Waals surface area contributed by atoms with Crippen LogP contribution in [0.4, 0.5) is 0 Å². The average Bonchev–Trinajstić information content (AvgIpc) is 3.17. The van der Waals surface area contributed by atoms with E-state index in [1.54, 1.807) is 0 Å². The molecule has 210 valence electrons. The predicted octanol–water partition coefficient (Wildman–Crippen LogP) is 10.4. The van der Waals surface area contributed by atoms with Gasteiger partial charge in [0.2, 0.25) is 0 Å². The molecule has 2 nitrogen and oxygen atoms in total. The lowest BCUT2D eigenvalue weighted by Gasteiger charge is -2.30. The summed E-state index contributed by atoms with van der Waals surface area (Å²) >= 11 is 1.81. The van der Waals surface area contributed by atoms with Crippen LogP contribution in [0.3, 0.4) is 0 Å². The lowest BCUT2D eigenvalue weighted by atomic mass is 9.74. The van der Waals surface area contributed by atoms with Crippen molar-refractivity contribution in [1.82, 2.24) is 0 Å². The molecule has 3 heteroatoms. The van der Waals surface area contributed by atoms with Crippen LogP contribution in [0.15, 0.2) is 69.9 Å². The van der Waals surface area contributed by atoms with Gasteiger partial charge < -0.3 is 0 Å². The van der Waals surface area contributed by atoms with Gasteiger partial charge in [0.25, 0.3) is 0 Å². The maximum atomic E-state index is 13.1. The monoisotopic (exact) mass is 544 g/mol. The van der Waals surface area contributed by atoms with Crippen molar-refractivity contribution in [1.29, 1.82) is 0 Å². The second kappa shape index (κ2) is 10.1. The van der Waals surface area contributed by atoms with Gasteiger partial charge >= 0.3 is 0 Å². The van der Waals surface area contributed by atoms with E-state index in [2.05, 4.69) is 120 Å². The fourth-order valence-electron chi connectivity index (χ4n) is 5.45. The van der Waals surface area contributed by atoms with Crippen molar-refractivity contribution < 1.29 is 9.59 Å². The molecule has 0 N–H and O–H groups in total. The summed E-state index contributed by atoms with van der Waals surface area (Å²) < 4.78 is 0. The van der Waals surface area contributed by atoms with E-state index in [4.69, 9.17) is 0 Å². The number of carbonyl (C=O) groups excluding carboxylic acids is 2. The number of allylic oxidation sites excluding steroid dienone is 12. The molecule has 0 spiro atoms. The standard InChI is InChI=1S/C36H48O2S/c1-21-17-23(19-25(31(21)37)33(3,4)5)29(35(9,10)11)27-15-16-28(39-27)30(36(12,13)14)24-18-22(2)32(38)26(20-24)34(6,7)8/h15-20H,1-14H3. The lowest BCUT2D eigenvalue weighted by molar-refractivity contribution is -0.113. The molecule has 0 unspecified atom stereocenters. The Morgan fingerprint density at radius 1 is 0.538 bits per heavy atom. The second-order valence-electron chi connectivity index (χ2n) is 15.3. The Kier molecular flexibility index (Phi) is 8.07. The zero-order chi connectivity index (χ0) is 29.9. The Morgan fingerprint density at radius 3 is 1.10 bits per heavy atom. The summed E-state index contributed by atoms with van der Waals surface area (Å²) in [6.07, 6.45) is 8.38. The van der Waals surface area contributed by atoms with Crippen LogP contribution in [0.2, 0.25) is 0 Å². The van der Waals surface area contributed by atoms with Crippen molar-refractivity contribution in [2.75, 3.05) is 0 Å². The molecule has 1 aromatic heterocycles. The van der Waals surface area contributed by atoms with Crippen molar-refractivity contribution in [2.45, 2.75) is 96.9 Å². The van der Waals surface area contributed by atoms with Crippen LogP contribution in [-0.4, -0.2) is 11.6 Å². The van der Waals surface area contributed by atoms with Crippen molar-refractivity contribution in [3.05, 3.63) is 79.6 Å². The highest BCUT2D eigenvalue weighted by Crippen LogP contribution is 2.48. The molecule has 0 saturated heterocycles. The topological polar surface area (TPSA) is 34.1 Å². The molecule has 0 amide bonds. The van der Waals surface area contributed by atoms with Crippen LogP contribution in [0.5, 0.6) is 0 Å². The second-order valence-corrected chi connectivity index (χ2v) is 16.3. The molecule has 3 rings (SSSR count).